The van der Waals surface area contributed by atoms with E-state index in [4.69, 9.17) is 9.47 Å². The third kappa shape index (κ3) is 3.04. The number of piperidine rings is 1. The van der Waals surface area contributed by atoms with Gasteiger partial charge >= 0.3 is 0 Å². The molecule has 4 atom stereocenters. The molecular formula is C24H29NO2. The summed E-state index contributed by atoms with van der Waals surface area (Å²) >= 11 is 0. The van der Waals surface area contributed by atoms with Gasteiger partial charge in [0.1, 0.15) is 5.60 Å². The lowest BCUT2D eigenvalue weighted by Gasteiger charge is -2.53. The van der Waals surface area contributed by atoms with E-state index in [0.717, 1.165) is 25.8 Å². The topological polar surface area (TPSA) is 30.5 Å². The Hall–Kier alpha value is -1.94. The molecule has 1 aromatic carbocycles. The second-order valence-electron chi connectivity index (χ2n) is 7.68. The first-order valence-corrected chi connectivity index (χ1v) is 9.84. The van der Waals surface area contributed by atoms with Crippen molar-refractivity contribution in [2.45, 2.75) is 42.9 Å². The van der Waals surface area contributed by atoms with Crippen LogP contribution in [0, 0.1) is 0 Å². The molecule has 142 valence electrons. The highest BCUT2D eigenvalue weighted by Crippen LogP contribution is 2.47. The number of hydrogen-bond donors (Lipinski definition) is 1. The molecule has 1 N–H and O–H groups in total. The zero-order chi connectivity index (χ0) is 18.9. The lowest BCUT2D eigenvalue weighted by Crippen LogP contribution is -2.65. The zero-order valence-corrected chi connectivity index (χ0v) is 16.3. The van der Waals surface area contributed by atoms with Gasteiger partial charge in [-0.25, -0.2) is 0 Å². The van der Waals surface area contributed by atoms with Crippen molar-refractivity contribution in [3.05, 3.63) is 72.3 Å². The quantitative estimate of drug-likeness (QED) is 0.700. The average molecular weight is 364 g/mol. The number of methoxy groups -OCH3 is 2. The smallest absolute Gasteiger partial charge is 0.107 e. The van der Waals surface area contributed by atoms with Crippen LogP contribution in [0.4, 0.5) is 0 Å². The molecule has 0 spiro atoms. The van der Waals surface area contributed by atoms with E-state index < -0.39 is 0 Å². The SMILES string of the molecule is C=CCC1(OC)C(OC)CNC2CCc3ccccc3C21.c1cc2ccc1-2. The molecule has 1 aliphatic heterocycles. The van der Waals surface area contributed by atoms with Crippen molar-refractivity contribution in [2.24, 2.45) is 0 Å². The van der Waals surface area contributed by atoms with E-state index in [2.05, 4.69) is 60.4 Å². The maximum absolute atomic E-state index is 6.11. The fourth-order valence-electron chi connectivity index (χ4n) is 4.99. The summed E-state index contributed by atoms with van der Waals surface area (Å²) in [7, 11) is 3.59. The molecule has 0 radical (unpaired) electrons. The molecule has 5 rings (SSSR count). The molecule has 4 unspecified atom stereocenters. The van der Waals surface area contributed by atoms with E-state index in [-0.39, 0.29) is 11.7 Å². The minimum atomic E-state index is -0.330. The van der Waals surface area contributed by atoms with Crippen LogP contribution in [-0.4, -0.2) is 38.5 Å². The van der Waals surface area contributed by atoms with E-state index in [1.54, 1.807) is 7.11 Å². The number of nitrogens with one attached hydrogen (secondary N) is 1. The molecule has 3 heteroatoms. The zero-order valence-electron chi connectivity index (χ0n) is 16.3. The number of hydrogen-bond acceptors (Lipinski definition) is 3. The molecule has 0 bridgehead atoms. The Morgan fingerprint density at radius 1 is 1.11 bits per heavy atom. The lowest BCUT2D eigenvalue weighted by molar-refractivity contribution is -0.152. The van der Waals surface area contributed by atoms with Crippen molar-refractivity contribution < 1.29 is 9.47 Å². The Kier molecular flexibility index (Phi) is 5.18. The minimum absolute atomic E-state index is 0.0351. The number of rotatable bonds is 4. The van der Waals surface area contributed by atoms with Gasteiger partial charge in [0.15, 0.2) is 0 Å². The van der Waals surface area contributed by atoms with Gasteiger partial charge in [0.05, 0.1) is 6.10 Å². The summed E-state index contributed by atoms with van der Waals surface area (Å²) in [6, 6.07) is 17.7. The molecule has 1 heterocycles. The fourth-order valence-corrected chi connectivity index (χ4v) is 4.99. The first-order chi connectivity index (χ1) is 13.2. The van der Waals surface area contributed by atoms with Crippen LogP contribution < -0.4 is 5.32 Å². The third-order valence-corrected chi connectivity index (χ3v) is 6.50. The van der Waals surface area contributed by atoms with Crippen LogP contribution in [-0.2, 0) is 15.9 Å². The normalized spacial score (nSPS) is 29.6. The Labute approximate surface area is 162 Å². The molecule has 0 aromatic heterocycles. The van der Waals surface area contributed by atoms with Gasteiger partial charge in [-0.3, -0.25) is 0 Å². The number of fused-ring (bicyclic) bond motifs is 4. The number of aryl methyl sites for hydroxylation is 1. The van der Waals surface area contributed by atoms with Gasteiger partial charge in [0.25, 0.3) is 0 Å². The largest absolute Gasteiger partial charge is 0.377 e. The van der Waals surface area contributed by atoms with Gasteiger partial charge in [-0.2, -0.15) is 0 Å². The Balaban J connectivity index is 0.000000250. The van der Waals surface area contributed by atoms with Crippen molar-refractivity contribution in [3.8, 4) is 11.1 Å². The predicted octanol–water partition coefficient (Wildman–Crippen LogP) is 4.33. The second kappa shape index (κ2) is 7.59. The summed E-state index contributed by atoms with van der Waals surface area (Å²) < 4.78 is 11.9. The Bertz CT molecular complexity index is 779. The highest BCUT2D eigenvalue weighted by molar-refractivity contribution is 5.75. The first kappa shape index (κ1) is 18.4. The van der Waals surface area contributed by atoms with Crippen LogP contribution >= 0.6 is 0 Å². The molecular weight excluding hydrogens is 334 g/mol. The van der Waals surface area contributed by atoms with Gasteiger partial charge in [0, 0.05) is 32.7 Å². The molecule has 0 amide bonds. The van der Waals surface area contributed by atoms with Gasteiger partial charge in [-0.15, -0.1) is 6.58 Å². The first-order valence-electron chi connectivity index (χ1n) is 9.84. The average Bonchev–Trinajstić information content (AvgIpc) is 2.70. The van der Waals surface area contributed by atoms with E-state index in [1.165, 1.54) is 22.3 Å². The number of benzene rings is 2. The summed E-state index contributed by atoms with van der Waals surface area (Å²) in [6.45, 7) is 4.79. The van der Waals surface area contributed by atoms with Gasteiger partial charge < -0.3 is 14.8 Å². The molecule has 27 heavy (non-hydrogen) atoms. The summed E-state index contributed by atoms with van der Waals surface area (Å²) in [5.74, 6) is 0.309. The van der Waals surface area contributed by atoms with Crippen LogP contribution in [0.25, 0.3) is 11.1 Å². The highest BCUT2D eigenvalue weighted by Gasteiger charge is 2.53. The molecule has 1 saturated heterocycles. The van der Waals surface area contributed by atoms with E-state index in [9.17, 15) is 0 Å². The van der Waals surface area contributed by atoms with Gasteiger partial charge in [0.2, 0.25) is 0 Å². The molecule has 4 aliphatic rings. The van der Waals surface area contributed by atoms with Crippen molar-refractivity contribution in [1.29, 1.82) is 0 Å². The third-order valence-electron chi connectivity index (χ3n) is 6.50. The van der Waals surface area contributed by atoms with Crippen LogP contribution in [0.15, 0.2) is 61.2 Å². The summed E-state index contributed by atoms with van der Waals surface area (Å²) in [6.07, 6.45) is 5.10. The molecule has 1 aromatic rings. The monoisotopic (exact) mass is 363 g/mol. The lowest BCUT2D eigenvalue weighted by atomic mass is 9.64. The van der Waals surface area contributed by atoms with Crippen molar-refractivity contribution >= 4 is 0 Å². The minimum Gasteiger partial charge on any atom is -0.377 e. The van der Waals surface area contributed by atoms with Crippen LogP contribution in [0.3, 0.4) is 0 Å². The fraction of sp³-hybridized carbons (Fsp3) is 0.417. The summed E-state index contributed by atoms with van der Waals surface area (Å²) in [5, 5.41) is 3.67. The van der Waals surface area contributed by atoms with Crippen molar-refractivity contribution in [2.75, 3.05) is 20.8 Å². The van der Waals surface area contributed by atoms with Crippen LogP contribution in [0.2, 0.25) is 0 Å². The molecule has 1 fully saturated rings. The van der Waals surface area contributed by atoms with Gasteiger partial charge in [-0.1, -0.05) is 54.6 Å². The second-order valence-corrected chi connectivity index (χ2v) is 7.68. The molecule has 0 saturated carbocycles. The van der Waals surface area contributed by atoms with Crippen molar-refractivity contribution in [3.63, 3.8) is 0 Å². The number of ether oxygens (including phenoxy) is 2. The van der Waals surface area contributed by atoms with E-state index in [1.807, 2.05) is 13.2 Å². The Morgan fingerprint density at radius 3 is 2.37 bits per heavy atom. The predicted molar refractivity (Wildman–Crippen MR) is 110 cm³/mol. The summed E-state index contributed by atoms with van der Waals surface area (Å²) in [5.41, 5.74) is 5.38. The summed E-state index contributed by atoms with van der Waals surface area (Å²) in [4.78, 5) is 0. The van der Waals surface area contributed by atoms with E-state index >= 15 is 0 Å². The maximum atomic E-state index is 6.11. The molecule has 3 aliphatic carbocycles. The Morgan fingerprint density at radius 2 is 1.81 bits per heavy atom. The standard InChI is InChI=1S/C18H25NO2.C6H4/c1-4-11-18(21-3)16(20-2)12-19-15-10-9-13-7-5-6-8-14(13)17(15)18;1-2-6-4-3-5(1)6/h4-8,15-17,19H,1,9-12H2,2-3H3;1-4H. The van der Waals surface area contributed by atoms with Crippen LogP contribution in [0.5, 0.6) is 0 Å². The van der Waals surface area contributed by atoms with Crippen LogP contribution in [0.1, 0.15) is 29.9 Å². The van der Waals surface area contributed by atoms with Gasteiger partial charge in [-0.05, 0) is 41.5 Å². The maximum Gasteiger partial charge on any atom is 0.107 e. The highest BCUT2D eigenvalue weighted by atomic mass is 16.5. The molecule has 3 nitrogen and oxygen atoms in total. The van der Waals surface area contributed by atoms with E-state index in [0.29, 0.717) is 12.0 Å². The van der Waals surface area contributed by atoms with Crippen molar-refractivity contribution in [1.82, 2.24) is 5.32 Å².